The number of hydrogen-bond acceptors (Lipinski definition) is 3. The third kappa shape index (κ3) is 3.00. The van der Waals surface area contributed by atoms with Crippen LogP contribution in [0, 0.1) is 5.82 Å². The quantitative estimate of drug-likeness (QED) is 0.845. The lowest BCUT2D eigenvalue weighted by Crippen LogP contribution is -2.30. The van der Waals surface area contributed by atoms with Gasteiger partial charge in [0.25, 0.3) is 0 Å². The van der Waals surface area contributed by atoms with Crippen LogP contribution in [-0.2, 0) is 4.74 Å². The summed E-state index contributed by atoms with van der Waals surface area (Å²) in [6.45, 7) is 3.21. The molecule has 0 spiro atoms. The maximum Gasteiger partial charge on any atom is 0.146 e. The van der Waals surface area contributed by atoms with Crippen molar-refractivity contribution in [1.82, 2.24) is 0 Å². The molecule has 1 aliphatic rings. The lowest BCUT2D eigenvalue weighted by Gasteiger charge is -2.25. The average molecular weight is 252 g/mol. The van der Waals surface area contributed by atoms with Gasteiger partial charge in [-0.15, -0.1) is 0 Å². The fourth-order valence-electron chi connectivity index (χ4n) is 2.11. The smallest absolute Gasteiger partial charge is 0.146 e. The number of hydrogen-bond donors (Lipinski definition) is 1. The Morgan fingerprint density at radius 3 is 2.72 bits per heavy atom. The van der Waals surface area contributed by atoms with Crippen molar-refractivity contribution in [1.29, 1.82) is 0 Å². The SMILES string of the molecule is COCCN(c1ccc([C@H](C)N)cc1F)C1CC1. The fraction of sp³-hybridized carbons (Fsp3) is 0.571. The van der Waals surface area contributed by atoms with Crippen molar-refractivity contribution in [3.63, 3.8) is 0 Å². The van der Waals surface area contributed by atoms with Crippen LogP contribution in [0.2, 0.25) is 0 Å². The first-order chi connectivity index (χ1) is 8.63. The lowest BCUT2D eigenvalue weighted by molar-refractivity contribution is 0.204. The number of benzene rings is 1. The Labute approximate surface area is 108 Å². The molecule has 1 saturated carbocycles. The third-order valence-electron chi connectivity index (χ3n) is 3.33. The zero-order valence-corrected chi connectivity index (χ0v) is 11.0. The van der Waals surface area contributed by atoms with Crippen molar-refractivity contribution in [2.45, 2.75) is 31.8 Å². The van der Waals surface area contributed by atoms with Crippen LogP contribution >= 0.6 is 0 Å². The van der Waals surface area contributed by atoms with Crippen molar-refractivity contribution in [3.8, 4) is 0 Å². The van der Waals surface area contributed by atoms with E-state index in [-0.39, 0.29) is 11.9 Å². The van der Waals surface area contributed by atoms with Crippen LogP contribution in [0.3, 0.4) is 0 Å². The van der Waals surface area contributed by atoms with Crippen molar-refractivity contribution in [2.24, 2.45) is 5.73 Å². The highest BCUT2D eigenvalue weighted by molar-refractivity contribution is 5.51. The summed E-state index contributed by atoms with van der Waals surface area (Å²) in [4.78, 5) is 2.10. The van der Waals surface area contributed by atoms with E-state index in [2.05, 4.69) is 4.90 Å². The van der Waals surface area contributed by atoms with Gasteiger partial charge in [-0.3, -0.25) is 0 Å². The Balaban J connectivity index is 2.19. The standard InChI is InChI=1S/C14H21FN2O/c1-10(16)11-3-6-14(13(15)9-11)17(7-8-18-2)12-4-5-12/h3,6,9-10,12H,4-5,7-8,16H2,1-2H3/t10-/m0/s1. The Hall–Kier alpha value is -1.13. The molecule has 100 valence electrons. The molecule has 0 aliphatic heterocycles. The van der Waals surface area contributed by atoms with Gasteiger partial charge in [0, 0.05) is 25.7 Å². The van der Waals surface area contributed by atoms with Crippen LogP contribution in [0.25, 0.3) is 0 Å². The summed E-state index contributed by atoms with van der Waals surface area (Å²) in [5.74, 6) is -0.187. The van der Waals surface area contributed by atoms with Crippen LogP contribution in [-0.4, -0.2) is 26.3 Å². The molecule has 3 nitrogen and oxygen atoms in total. The molecule has 1 aromatic rings. The normalized spacial score (nSPS) is 16.7. The number of nitrogens with two attached hydrogens (primary N) is 1. The highest BCUT2D eigenvalue weighted by Crippen LogP contribution is 2.33. The first kappa shape index (κ1) is 13.3. The van der Waals surface area contributed by atoms with Gasteiger partial charge < -0.3 is 15.4 Å². The Bertz CT molecular complexity index is 405. The van der Waals surface area contributed by atoms with Gasteiger partial charge in [-0.1, -0.05) is 6.07 Å². The topological polar surface area (TPSA) is 38.5 Å². The lowest BCUT2D eigenvalue weighted by atomic mass is 10.1. The van der Waals surface area contributed by atoms with E-state index in [1.165, 1.54) is 0 Å². The Morgan fingerprint density at radius 2 is 2.22 bits per heavy atom. The number of methoxy groups -OCH3 is 1. The van der Waals surface area contributed by atoms with Crippen LogP contribution in [0.15, 0.2) is 18.2 Å². The van der Waals surface area contributed by atoms with Crippen LogP contribution in [0.1, 0.15) is 31.4 Å². The molecule has 0 unspecified atom stereocenters. The molecular formula is C14H21FN2O. The molecular weight excluding hydrogens is 231 g/mol. The zero-order chi connectivity index (χ0) is 13.1. The minimum Gasteiger partial charge on any atom is -0.383 e. The molecule has 2 rings (SSSR count). The largest absolute Gasteiger partial charge is 0.383 e. The summed E-state index contributed by atoms with van der Waals surface area (Å²) in [5.41, 5.74) is 7.26. The highest BCUT2D eigenvalue weighted by Gasteiger charge is 2.30. The van der Waals surface area contributed by atoms with Gasteiger partial charge in [0.2, 0.25) is 0 Å². The van der Waals surface area contributed by atoms with Gasteiger partial charge >= 0.3 is 0 Å². The second kappa shape index (κ2) is 5.67. The van der Waals surface area contributed by atoms with E-state index in [0.717, 1.165) is 24.9 Å². The molecule has 4 heteroatoms. The van der Waals surface area contributed by atoms with Crippen LogP contribution < -0.4 is 10.6 Å². The van der Waals surface area contributed by atoms with Crippen molar-refractivity contribution < 1.29 is 9.13 Å². The van der Waals surface area contributed by atoms with E-state index in [1.807, 2.05) is 19.1 Å². The van der Waals surface area contributed by atoms with E-state index in [4.69, 9.17) is 10.5 Å². The maximum absolute atomic E-state index is 14.1. The first-order valence-corrected chi connectivity index (χ1v) is 6.44. The van der Waals surface area contributed by atoms with Crippen LogP contribution in [0.4, 0.5) is 10.1 Å². The fourth-order valence-corrected chi connectivity index (χ4v) is 2.11. The third-order valence-corrected chi connectivity index (χ3v) is 3.33. The zero-order valence-electron chi connectivity index (χ0n) is 11.0. The molecule has 0 bridgehead atoms. The molecule has 0 heterocycles. The predicted molar refractivity (Wildman–Crippen MR) is 71.2 cm³/mol. The van der Waals surface area contributed by atoms with Crippen molar-refractivity contribution in [2.75, 3.05) is 25.2 Å². The summed E-state index contributed by atoms with van der Waals surface area (Å²) in [7, 11) is 1.67. The highest BCUT2D eigenvalue weighted by atomic mass is 19.1. The second-order valence-electron chi connectivity index (χ2n) is 4.92. The maximum atomic E-state index is 14.1. The summed E-state index contributed by atoms with van der Waals surface area (Å²) < 4.78 is 19.2. The van der Waals surface area contributed by atoms with E-state index in [9.17, 15) is 4.39 Å². The van der Waals surface area contributed by atoms with Gasteiger partial charge in [0.15, 0.2) is 0 Å². The summed E-state index contributed by atoms with van der Waals surface area (Å²) >= 11 is 0. The summed E-state index contributed by atoms with van der Waals surface area (Å²) in [5, 5.41) is 0. The molecule has 0 radical (unpaired) electrons. The average Bonchev–Trinajstić information content (AvgIpc) is 3.15. The monoisotopic (exact) mass is 252 g/mol. The second-order valence-corrected chi connectivity index (χ2v) is 4.92. The van der Waals surface area contributed by atoms with E-state index in [0.29, 0.717) is 18.3 Å². The number of nitrogens with zero attached hydrogens (tertiary/aromatic N) is 1. The molecule has 18 heavy (non-hydrogen) atoms. The van der Waals surface area contributed by atoms with Gasteiger partial charge in [-0.2, -0.15) is 0 Å². The van der Waals surface area contributed by atoms with E-state index < -0.39 is 0 Å². The molecule has 0 saturated heterocycles. The molecule has 0 aromatic heterocycles. The molecule has 1 aliphatic carbocycles. The van der Waals surface area contributed by atoms with Crippen molar-refractivity contribution >= 4 is 5.69 Å². The van der Waals surface area contributed by atoms with E-state index in [1.54, 1.807) is 13.2 Å². The molecule has 1 fully saturated rings. The molecule has 2 N–H and O–H groups in total. The van der Waals surface area contributed by atoms with Gasteiger partial charge in [0.05, 0.1) is 12.3 Å². The number of rotatable bonds is 6. The van der Waals surface area contributed by atoms with Crippen LogP contribution in [0.5, 0.6) is 0 Å². The Morgan fingerprint density at radius 1 is 1.50 bits per heavy atom. The number of anilines is 1. The van der Waals surface area contributed by atoms with E-state index >= 15 is 0 Å². The number of ether oxygens (including phenoxy) is 1. The minimum absolute atomic E-state index is 0.137. The molecule has 1 atom stereocenters. The van der Waals surface area contributed by atoms with Gasteiger partial charge in [-0.25, -0.2) is 4.39 Å². The van der Waals surface area contributed by atoms with Crippen molar-refractivity contribution in [3.05, 3.63) is 29.6 Å². The van der Waals surface area contributed by atoms with Gasteiger partial charge in [-0.05, 0) is 37.5 Å². The molecule has 0 amide bonds. The first-order valence-electron chi connectivity index (χ1n) is 6.44. The Kier molecular flexibility index (Phi) is 4.19. The number of halogens is 1. The molecule has 1 aromatic carbocycles. The summed E-state index contributed by atoms with van der Waals surface area (Å²) in [6.07, 6.45) is 2.27. The summed E-state index contributed by atoms with van der Waals surface area (Å²) in [6, 6.07) is 5.62. The van der Waals surface area contributed by atoms with Gasteiger partial charge in [0.1, 0.15) is 5.82 Å². The minimum atomic E-state index is -0.187. The predicted octanol–water partition coefficient (Wildman–Crippen LogP) is 2.46.